The molecule has 0 saturated carbocycles. The van der Waals surface area contributed by atoms with Gasteiger partial charge in [0.25, 0.3) is 5.91 Å². The Kier molecular flexibility index (Phi) is 6.30. The second kappa shape index (κ2) is 9.30. The number of hydrogen-bond acceptors (Lipinski definition) is 5. The number of rotatable bonds is 6. The van der Waals surface area contributed by atoms with Crippen LogP contribution in [0.4, 0.5) is 0 Å². The summed E-state index contributed by atoms with van der Waals surface area (Å²) in [7, 11) is 1.30. The molecule has 4 aromatic rings. The number of amides is 1. The van der Waals surface area contributed by atoms with Crippen LogP contribution in [0, 0.1) is 0 Å². The molecule has 2 aromatic heterocycles. The minimum absolute atomic E-state index is 0.143. The Bertz CT molecular complexity index is 1340. The van der Waals surface area contributed by atoms with Crippen molar-refractivity contribution in [3.05, 3.63) is 93.5 Å². The molecule has 0 aliphatic heterocycles. The molecule has 0 aliphatic carbocycles. The van der Waals surface area contributed by atoms with Gasteiger partial charge in [-0.05, 0) is 36.4 Å². The van der Waals surface area contributed by atoms with Crippen LogP contribution in [0.1, 0.15) is 32.2 Å². The summed E-state index contributed by atoms with van der Waals surface area (Å²) in [6, 6.07) is 15.7. The number of fused-ring (bicyclic) bond motifs is 1. The van der Waals surface area contributed by atoms with E-state index in [0.29, 0.717) is 17.3 Å². The molecule has 0 bridgehead atoms. The molecule has 4 rings (SSSR count). The van der Waals surface area contributed by atoms with Gasteiger partial charge in [0, 0.05) is 27.7 Å². The zero-order chi connectivity index (χ0) is 22.7. The molecule has 1 N–H and O–H groups in total. The molecule has 0 radical (unpaired) electrons. The van der Waals surface area contributed by atoms with Gasteiger partial charge in [-0.15, -0.1) is 0 Å². The largest absolute Gasteiger partial charge is 0.463 e. The summed E-state index contributed by atoms with van der Waals surface area (Å²) >= 11 is 11.9. The average Bonchev–Trinajstić information content (AvgIpc) is 3.39. The van der Waals surface area contributed by atoms with Gasteiger partial charge in [0.05, 0.1) is 30.5 Å². The van der Waals surface area contributed by atoms with Gasteiger partial charge in [-0.1, -0.05) is 41.4 Å². The summed E-state index contributed by atoms with van der Waals surface area (Å²) in [5.41, 5.74) is 4.49. The summed E-state index contributed by atoms with van der Waals surface area (Å²) in [6.45, 7) is 0.401. The van der Waals surface area contributed by atoms with Gasteiger partial charge < -0.3 is 13.7 Å². The Balaban J connectivity index is 1.55. The molecule has 0 atom stereocenters. The predicted molar refractivity (Wildman–Crippen MR) is 123 cm³/mol. The number of furan rings is 1. The van der Waals surface area contributed by atoms with Crippen LogP contribution in [0.15, 0.2) is 70.3 Å². The monoisotopic (exact) mass is 469 g/mol. The van der Waals surface area contributed by atoms with E-state index in [1.54, 1.807) is 24.4 Å². The summed E-state index contributed by atoms with van der Waals surface area (Å²) in [4.78, 5) is 24.0. The highest BCUT2D eigenvalue weighted by molar-refractivity contribution is 6.36. The first-order chi connectivity index (χ1) is 15.5. The van der Waals surface area contributed by atoms with Crippen molar-refractivity contribution >= 4 is 52.2 Å². The topological polar surface area (TPSA) is 85.8 Å². The fourth-order valence-electron chi connectivity index (χ4n) is 3.24. The van der Waals surface area contributed by atoms with E-state index >= 15 is 0 Å². The first-order valence-electron chi connectivity index (χ1n) is 9.49. The third kappa shape index (κ3) is 4.54. The first-order valence-corrected chi connectivity index (χ1v) is 10.2. The number of para-hydroxylation sites is 1. The van der Waals surface area contributed by atoms with Crippen molar-refractivity contribution in [3.63, 3.8) is 0 Å². The summed E-state index contributed by atoms with van der Waals surface area (Å²) in [5, 5.41) is 5.70. The molecular formula is C23H17Cl2N3O4. The number of hydrazone groups is 1. The zero-order valence-electron chi connectivity index (χ0n) is 16.8. The van der Waals surface area contributed by atoms with Crippen molar-refractivity contribution in [2.75, 3.05) is 7.11 Å². The molecule has 0 unspecified atom stereocenters. The lowest BCUT2D eigenvalue weighted by Gasteiger charge is -2.02. The molecule has 1 amide bonds. The molecule has 32 heavy (non-hydrogen) atoms. The number of methoxy groups -OCH3 is 1. The van der Waals surface area contributed by atoms with Gasteiger partial charge >= 0.3 is 5.97 Å². The van der Waals surface area contributed by atoms with E-state index in [4.69, 9.17) is 27.6 Å². The number of nitrogens with one attached hydrogen (secondary N) is 1. The van der Waals surface area contributed by atoms with Gasteiger partial charge in [-0.2, -0.15) is 5.10 Å². The predicted octanol–water partition coefficient (Wildman–Crippen LogP) is 5.14. The van der Waals surface area contributed by atoms with E-state index < -0.39 is 11.9 Å². The van der Waals surface area contributed by atoms with Gasteiger partial charge in [0.2, 0.25) is 5.76 Å². The third-order valence-electron chi connectivity index (χ3n) is 4.74. The SMILES string of the molecule is COC(=O)c1ccc(Cn2cc(/C=N\NC(=O)c3ccc(Cl)cc3Cl)c3ccccc32)o1. The van der Waals surface area contributed by atoms with Crippen molar-refractivity contribution in [1.29, 1.82) is 0 Å². The highest BCUT2D eigenvalue weighted by Crippen LogP contribution is 2.23. The van der Waals surface area contributed by atoms with E-state index in [0.717, 1.165) is 16.5 Å². The van der Waals surface area contributed by atoms with Crippen LogP contribution >= 0.6 is 23.2 Å². The summed E-state index contributed by atoms with van der Waals surface area (Å²) in [5.74, 6) is -0.236. The number of ether oxygens (including phenoxy) is 1. The van der Waals surface area contributed by atoms with E-state index in [1.165, 1.54) is 19.2 Å². The number of esters is 1. The van der Waals surface area contributed by atoms with Crippen molar-refractivity contribution in [1.82, 2.24) is 9.99 Å². The number of hydrogen-bond donors (Lipinski definition) is 1. The van der Waals surface area contributed by atoms with Crippen LogP contribution in [0.25, 0.3) is 10.9 Å². The van der Waals surface area contributed by atoms with Crippen LogP contribution in [-0.2, 0) is 11.3 Å². The molecule has 0 aliphatic rings. The molecule has 162 valence electrons. The van der Waals surface area contributed by atoms with Crippen molar-refractivity contribution < 1.29 is 18.7 Å². The molecule has 9 heteroatoms. The van der Waals surface area contributed by atoms with Crippen LogP contribution in [0.5, 0.6) is 0 Å². The van der Waals surface area contributed by atoms with Crippen LogP contribution < -0.4 is 5.43 Å². The standard InChI is InChI=1S/C23H17Cl2N3O4/c1-31-23(30)21-9-7-16(32-21)13-28-12-14(17-4-2-3-5-20(17)28)11-26-27-22(29)18-8-6-15(24)10-19(18)25/h2-12H,13H2,1H3,(H,27,29)/b26-11-. The Morgan fingerprint density at radius 2 is 1.97 bits per heavy atom. The third-order valence-corrected chi connectivity index (χ3v) is 5.29. The molecule has 0 fully saturated rings. The number of aromatic nitrogens is 1. The van der Waals surface area contributed by atoms with Crippen molar-refractivity contribution in [3.8, 4) is 0 Å². The smallest absolute Gasteiger partial charge is 0.373 e. The molecule has 0 saturated heterocycles. The van der Waals surface area contributed by atoms with Crippen molar-refractivity contribution in [2.24, 2.45) is 5.10 Å². The van der Waals surface area contributed by atoms with Gasteiger partial charge in [0.1, 0.15) is 5.76 Å². The number of halogens is 2. The van der Waals surface area contributed by atoms with E-state index in [-0.39, 0.29) is 16.3 Å². The molecule has 2 aromatic carbocycles. The molecular weight excluding hydrogens is 453 g/mol. The summed E-state index contributed by atoms with van der Waals surface area (Å²) < 4.78 is 12.2. The Labute approximate surface area is 193 Å². The lowest BCUT2D eigenvalue weighted by molar-refractivity contribution is 0.0562. The lowest BCUT2D eigenvalue weighted by Crippen LogP contribution is -2.18. The van der Waals surface area contributed by atoms with Gasteiger partial charge in [-0.25, -0.2) is 10.2 Å². The zero-order valence-corrected chi connectivity index (χ0v) is 18.4. The first kappa shape index (κ1) is 21.7. The minimum Gasteiger partial charge on any atom is -0.463 e. The summed E-state index contributed by atoms with van der Waals surface area (Å²) in [6.07, 6.45) is 3.44. The van der Waals surface area contributed by atoms with Gasteiger partial charge in [-0.3, -0.25) is 4.79 Å². The fourth-order valence-corrected chi connectivity index (χ4v) is 3.74. The lowest BCUT2D eigenvalue weighted by atomic mass is 10.2. The normalized spacial score (nSPS) is 11.2. The van der Waals surface area contributed by atoms with Crippen LogP contribution in [0.2, 0.25) is 10.0 Å². The quantitative estimate of drug-likeness (QED) is 0.240. The Hall–Kier alpha value is -3.55. The fraction of sp³-hybridized carbons (Fsp3) is 0.0870. The Morgan fingerprint density at radius 3 is 2.75 bits per heavy atom. The maximum atomic E-state index is 12.4. The van der Waals surface area contributed by atoms with Crippen LogP contribution in [0.3, 0.4) is 0 Å². The maximum absolute atomic E-state index is 12.4. The Morgan fingerprint density at radius 1 is 1.16 bits per heavy atom. The highest BCUT2D eigenvalue weighted by Gasteiger charge is 2.14. The minimum atomic E-state index is -0.530. The highest BCUT2D eigenvalue weighted by atomic mass is 35.5. The number of carbonyl (C=O) groups excluding carboxylic acids is 2. The van der Waals surface area contributed by atoms with E-state index in [1.807, 2.05) is 35.0 Å². The molecule has 2 heterocycles. The molecule has 0 spiro atoms. The number of benzene rings is 2. The van der Waals surface area contributed by atoms with E-state index in [2.05, 4.69) is 15.3 Å². The van der Waals surface area contributed by atoms with Crippen LogP contribution in [-0.4, -0.2) is 29.8 Å². The van der Waals surface area contributed by atoms with Crippen molar-refractivity contribution in [2.45, 2.75) is 6.54 Å². The second-order valence-corrected chi connectivity index (χ2v) is 7.65. The average molecular weight is 470 g/mol. The van der Waals surface area contributed by atoms with Gasteiger partial charge in [0.15, 0.2) is 0 Å². The number of carbonyl (C=O) groups is 2. The molecule has 7 nitrogen and oxygen atoms in total. The van der Waals surface area contributed by atoms with E-state index in [9.17, 15) is 9.59 Å². The maximum Gasteiger partial charge on any atom is 0.373 e. The second-order valence-electron chi connectivity index (χ2n) is 6.81. The number of nitrogens with zero attached hydrogens (tertiary/aromatic N) is 2.